The maximum atomic E-state index is 11.5. The van der Waals surface area contributed by atoms with Crippen LogP contribution in [0.5, 0.6) is 5.75 Å². The van der Waals surface area contributed by atoms with Gasteiger partial charge in [0.2, 0.25) is 0 Å². The van der Waals surface area contributed by atoms with Crippen molar-refractivity contribution in [2.24, 2.45) is 0 Å². The number of hydrogen-bond donors (Lipinski definition) is 1. The van der Waals surface area contributed by atoms with Crippen LogP contribution in [0.4, 0.5) is 0 Å². The molecule has 5 nitrogen and oxygen atoms in total. The Kier molecular flexibility index (Phi) is 5.06. The van der Waals surface area contributed by atoms with Gasteiger partial charge in [-0.15, -0.1) is 0 Å². The molecule has 0 saturated heterocycles. The lowest BCUT2D eigenvalue weighted by Gasteiger charge is -2.08. The Hall–Kier alpha value is -2.47. The lowest BCUT2D eigenvalue weighted by atomic mass is 10.1. The molecule has 2 aromatic rings. The van der Waals surface area contributed by atoms with E-state index < -0.39 is 11.9 Å². The van der Waals surface area contributed by atoms with Gasteiger partial charge in [-0.05, 0) is 42.5 Å². The Morgan fingerprint density at radius 3 is 2.27 bits per heavy atom. The topological polar surface area (TPSA) is 72.8 Å². The number of rotatable bonds is 5. The van der Waals surface area contributed by atoms with E-state index in [0.29, 0.717) is 4.90 Å². The highest BCUT2D eigenvalue weighted by Gasteiger charge is 2.15. The molecule has 0 aromatic heterocycles. The van der Waals surface area contributed by atoms with Crippen LogP contribution in [0, 0.1) is 0 Å². The molecule has 22 heavy (non-hydrogen) atoms. The monoisotopic (exact) mass is 318 g/mol. The maximum absolute atomic E-state index is 11.5. The average molecular weight is 318 g/mol. The van der Waals surface area contributed by atoms with E-state index in [1.54, 1.807) is 31.4 Å². The molecule has 6 heteroatoms. The third-order valence-corrected chi connectivity index (χ3v) is 4.00. The molecule has 0 amide bonds. The van der Waals surface area contributed by atoms with Gasteiger partial charge in [0.1, 0.15) is 5.75 Å². The smallest absolute Gasteiger partial charge is 0.337 e. The Balaban J connectivity index is 2.33. The molecule has 0 spiro atoms. The van der Waals surface area contributed by atoms with E-state index >= 15 is 0 Å². The van der Waals surface area contributed by atoms with E-state index in [0.717, 1.165) is 10.6 Å². The van der Waals surface area contributed by atoms with Crippen LogP contribution < -0.4 is 4.74 Å². The molecule has 0 aliphatic rings. The maximum Gasteiger partial charge on any atom is 0.337 e. The molecule has 0 radical (unpaired) electrons. The molecule has 0 unspecified atom stereocenters. The second-order valence-electron chi connectivity index (χ2n) is 4.29. The molecule has 0 fully saturated rings. The first-order chi connectivity index (χ1) is 10.5. The third kappa shape index (κ3) is 3.59. The summed E-state index contributed by atoms with van der Waals surface area (Å²) in [6.07, 6.45) is 0. The normalized spacial score (nSPS) is 10.1. The van der Waals surface area contributed by atoms with E-state index in [2.05, 4.69) is 4.74 Å². The van der Waals surface area contributed by atoms with Gasteiger partial charge in [-0.25, -0.2) is 9.59 Å². The van der Waals surface area contributed by atoms with Crippen molar-refractivity contribution < 1.29 is 24.2 Å². The number of carboxylic acid groups (broad SMARTS) is 1. The summed E-state index contributed by atoms with van der Waals surface area (Å²) in [5, 5.41) is 9.32. The predicted molar refractivity (Wildman–Crippen MR) is 81.9 cm³/mol. The summed E-state index contributed by atoms with van der Waals surface area (Å²) in [5.74, 6) is -0.936. The fourth-order valence-corrected chi connectivity index (χ4v) is 2.72. The number of ether oxygens (including phenoxy) is 2. The molecule has 114 valence electrons. The highest BCUT2D eigenvalue weighted by atomic mass is 32.2. The van der Waals surface area contributed by atoms with Crippen molar-refractivity contribution >= 4 is 23.7 Å². The van der Waals surface area contributed by atoms with Crippen LogP contribution in [0.15, 0.2) is 52.3 Å². The summed E-state index contributed by atoms with van der Waals surface area (Å²) >= 11 is 1.30. The number of aromatic carboxylic acids is 1. The molecule has 0 aliphatic heterocycles. The van der Waals surface area contributed by atoms with Gasteiger partial charge < -0.3 is 14.6 Å². The molecule has 0 aliphatic carbocycles. The Morgan fingerprint density at radius 2 is 1.73 bits per heavy atom. The molecule has 2 rings (SSSR count). The quantitative estimate of drug-likeness (QED) is 0.853. The molecular formula is C16H14O5S. The highest BCUT2D eigenvalue weighted by Crippen LogP contribution is 2.32. The second kappa shape index (κ2) is 7.00. The van der Waals surface area contributed by atoms with Gasteiger partial charge in [-0.1, -0.05) is 11.8 Å². The lowest BCUT2D eigenvalue weighted by molar-refractivity contribution is 0.0600. The van der Waals surface area contributed by atoms with E-state index in [9.17, 15) is 14.7 Å². The van der Waals surface area contributed by atoms with Crippen molar-refractivity contribution in [3.8, 4) is 5.75 Å². The number of carbonyl (C=O) groups excluding carboxylic acids is 1. The standard InChI is InChI=1S/C16H14O5S/c1-20-11-4-6-12(7-5-11)22-14-8-3-10(16(19)21-2)9-13(14)15(17)18/h3-9H,1-2H3,(H,17,18). The number of methoxy groups -OCH3 is 2. The number of carboxylic acids is 1. The van der Waals surface area contributed by atoms with Crippen LogP contribution in [-0.4, -0.2) is 31.3 Å². The molecule has 2 aromatic carbocycles. The largest absolute Gasteiger partial charge is 0.497 e. The van der Waals surface area contributed by atoms with Crippen molar-refractivity contribution in [1.82, 2.24) is 0 Å². The van der Waals surface area contributed by atoms with Gasteiger partial charge in [0.05, 0.1) is 25.3 Å². The Bertz CT molecular complexity index is 694. The van der Waals surface area contributed by atoms with E-state index in [1.807, 2.05) is 12.1 Å². The second-order valence-corrected chi connectivity index (χ2v) is 5.40. The van der Waals surface area contributed by atoms with Gasteiger partial charge in [-0.2, -0.15) is 0 Å². The minimum Gasteiger partial charge on any atom is -0.497 e. The van der Waals surface area contributed by atoms with Crippen LogP contribution in [-0.2, 0) is 4.74 Å². The van der Waals surface area contributed by atoms with Gasteiger partial charge in [0, 0.05) is 9.79 Å². The van der Waals surface area contributed by atoms with Crippen LogP contribution in [0.3, 0.4) is 0 Å². The van der Waals surface area contributed by atoms with Crippen molar-refractivity contribution in [2.45, 2.75) is 9.79 Å². The summed E-state index contributed by atoms with van der Waals surface area (Å²) in [6.45, 7) is 0. The first-order valence-electron chi connectivity index (χ1n) is 6.32. The summed E-state index contributed by atoms with van der Waals surface area (Å²) < 4.78 is 9.68. The minimum atomic E-state index is -1.10. The number of hydrogen-bond acceptors (Lipinski definition) is 5. The zero-order chi connectivity index (χ0) is 16.1. The predicted octanol–water partition coefficient (Wildman–Crippen LogP) is 3.33. The average Bonchev–Trinajstić information content (AvgIpc) is 2.55. The molecule has 0 bridgehead atoms. The Morgan fingerprint density at radius 1 is 1.05 bits per heavy atom. The van der Waals surface area contributed by atoms with Crippen molar-refractivity contribution in [2.75, 3.05) is 14.2 Å². The van der Waals surface area contributed by atoms with Crippen molar-refractivity contribution in [1.29, 1.82) is 0 Å². The summed E-state index contributed by atoms with van der Waals surface area (Å²) in [7, 11) is 2.83. The highest BCUT2D eigenvalue weighted by molar-refractivity contribution is 7.99. The number of carbonyl (C=O) groups is 2. The number of esters is 1. The summed E-state index contributed by atoms with van der Waals surface area (Å²) in [4.78, 5) is 24.3. The molecule has 0 heterocycles. The van der Waals surface area contributed by atoms with Crippen molar-refractivity contribution in [3.05, 3.63) is 53.6 Å². The first-order valence-corrected chi connectivity index (χ1v) is 7.14. The lowest BCUT2D eigenvalue weighted by Crippen LogP contribution is -2.05. The first kappa shape index (κ1) is 15.9. The van der Waals surface area contributed by atoms with Crippen LogP contribution in [0.1, 0.15) is 20.7 Å². The zero-order valence-electron chi connectivity index (χ0n) is 12.0. The van der Waals surface area contributed by atoms with Crippen LogP contribution >= 0.6 is 11.8 Å². The van der Waals surface area contributed by atoms with Gasteiger partial charge in [0.15, 0.2) is 0 Å². The summed E-state index contributed by atoms with van der Waals surface area (Å²) in [6, 6.07) is 11.7. The summed E-state index contributed by atoms with van der Waals surface area (Å²) in [5.41, 5.74) is 0.266. The minimum absolute atomic E-state index is 0.0590. The molecular weight excluding hydrogens is 304 g/mol. The number of benzene rings is 2. The van der Waals surface area contributed by atoms with Crippen LogP contribution in [0.2, 0.25) is 0 Å². The van der Waals surface area contributed by atoms with E-state index in [-0.39, 0.29) is 11.1 Å². The fourth-order valence-electron chi connectivity index (χ4n) is 1.80. The van der Waals surface area contributed by atoms with E-state index in [4.69, 9.17) is 4.74 Å². The third-order valence-electron chi connectivity index (χ3n) is 2.92. The van der Waals surface area contributed by atoms with Crippen LogP contribution in [0.25, 0.3) is 0 Å². The SMILES string of the molecule is COC(=O)c1ccc(Sc2ccc(OC)cc2)c(C(=O)O)c1. The molecule has 0 saturated carbocycles. The van der Waals surface area contributed by atoms with E-state index in [1.165, 1.54) is 24.9 Å². The van der Waals surface area contributed by atoms with Gasteiger partial charge in [0.25, 0.3) is 0 Å². The fraction of sp³-hybridized carbons (Fsp3) is 0.125. The zero-order valence-corrected chi connectivity index (χ0v) is 12.8. The Labute approximate surface area is 131 Å². The molecule has 0 atom stereocenters. The van der Waals surface area contributed by atoms with Gasteiger partial charge >= 0.3 is 11.9 Å². The molecule has 1 N–H and O–H groups in total. The van der Waals surface area contributed by atoms with Gasteiger partial charge in [-0.3, -0.25) is 0 Å². The van der Waals surface area contributed by atoms with Crippen molar-refractivity contribution in [3.63, 3.8) is 0 Å².